The van der Waals surface area contributed by atoms with Gasteiger partial charge in [-0.1, -0.05) is 0 Å². The summed E-state index contributed by atoms with van der Waals surface area (Å²) in [4.78, 5) is 0. The van der Waals surface area contributed by atoms with E-state index in [9.17, 15) is 0 Å². The average Bonchev–Trinajstić information content (AvgIpc) is 2.30. The number of rotatable bonds is 4. The summed E-state index contributed by atoms with van der Waals surface area (Å²) in [6.07, 6.45) is 2.42. The average molecular weight is 296 g/mol. The molecule has 2 saturated heterocycles. The molecule has 2 aliphatic rings. The van der Waals surface area contributed by atoms with Gasteiger partial charge < -0.3 is 9.05 Å². The van der Waals surface area contributed by atoms with Crippen molar-refractivity contribution in [1.29, 1.82) is 0 Å². The molecule has 0 aromatic carbocycles. The minimum Gasteiger partial charge on any atom is -0.305 e. The number of hydrogen-bond acceptors (Lipinski definition) is 6. The van der Waals surface area contributed by atoms with Crippen LogP contribution in [0, 0.1) is 0 Å². The molecular formula is C10H21N2O2PS2. The van der Waals surface area contributed by atoms with E-state index in [1.165, 1.54) is 12.8 Å². The maximum Gasteiger partial charge on any atom is 0.170 e. The van der Waals surface area contributed by atoms with Crippen molar-refractivity contribution in [3.05, 3.63) is 0 Å². The van der Waals surface area contributed by atoms with Gasteiger partial charge in [-0.3, -0.25) is 10.6 Å². The summed E-state index contributed by atoms with van der Waals surface area (Å²) in [7, 11) is 0.0694. The molecule has 2 aliphatic heterocycles. The highest BCUT2D eigenvalue weighted by molar-refractivity contribution is 8.00. The van der Waals surface area contributed by atoms with Crippen LogP contribution in [0.1, 0.15) is 26.7 Å². The normalized spacial score (nSPS) is 39.9. The lowest BCUT2D eigenvalue weighted by atomic mass is 10.4. The van der Waals surface area contributed by atoms with E-state index in [1.807, 2.05) is 23.5 Å². The first kappa shape index (κ1) is 14.4. The van der Waals surface area contributed by atoms with Crippen molar-refractivity contribution in [3.63, 3.8) is 0 Å². The lowest BCUT2D eigenvalue weighted by Gasteiger charge is -2.37. The molecule has 2 rings (SSSR count). The Hall–Kier alpha value is 0.970. The predicted molar refractivity (Wildman–Crippen MR) is 77.5 cm³/mol. The molecular weight excluding hydrogens is 275 g/mol. The topological polar surface area (TPSA) is 42.5 Å². The SMILES string of the molecule is CC1(OPOC2(C)NCCCS2)NCCCS1. The lowest BCUT2D eigenvalue weighted by molar-refractivity contribution is 0.0990. The van der Waals surface area contributed by atoms with Gasteiger partial charge >= 0.3 is 0 Å². The van der Waals surface area contributed by atoms with Crippen LogP contribution in [0.15, 0.2) is 0 Å². The van der Waals surface area contributed by atoms with Crippen LogP contribution in [0.4, 0.5) is 0 Å². The fourth-order valence-corrected chi connectivity index (χ4v) is 4.67. The first-order valence-electron chi connectivity index (χ1n) is 6.01. The fourth-order valence-electron chi connectivity index (χ4n) is 1.72. The Morgan fingerprint density at radius 3 is 1.76 bits per heavy atom. The van der Waals surface area contributed by atoms with Crippen LogP contribution in [-0.4, -0.2) is 34.7 Å². The van der Waals surface area contributed by atoms with Gasteiger partial charge in [-0.05, 0) is 51.3 Å². The van der Waals surface area contributed by atoms with E-state index < -0.39 is 0 Å². The van der Waals surface area contributed by atoms with Gasteiger partial charge in [0.25, 0.3) is 0 Å². The zero-order chi connectivity index (χ0) is 12.2. The van der Waals surface area contributed by atoms with E-state index in [0.29, 0.717) is 0 Å². The third-order valence-corrected chi connectivity index (χ3v) is 6.58. The molecule has 2 unspecified atom stereocenters. The van der Waals surface area contributed by atoms with Crippen molar-refractivity contribution < 1.29 is 9.05 Å². The Morgan fingerprint density at radius 1 is 0.941 bits per heavy atom. The van der Waals surface area contributed by atoms with Crippen molar-refractivity contribution >= 4 is 32.6 Å². The molecule has 7 heteroatoms. The maximum absolute atomic E-state index is 5.84. The highest BCUT2D eigenvalue weighted by Gasteiger charge is 2.32. The third-order valence-electron chi connectivity index (χ3n) is 2.76. The van der Waals surface area contributed by atoms with Gasteiger partial charge in [-0.15, -0.1) is 23.5 Å². The molecule has 2 heterocycles. The van der Waals surface area contributed by atoms with Crippen LogP contribution in [0.3, 0.4) is 0 Å². The largest absolute Gasteiger partial charge is 0.305 e. The zero-order valence-electron chi connectivity index (χ0n) is 10.4. The summed E-state index contributed by atoms with van der Waals surface area (Å²) < 4.78 is 11.7. The Labute approximate surface area is 114 Å². The minimum atomic E-state index is -0.271. The Morgan fingerprint density at radius 2 is 1.41 bits per heavy atom. The molecule has 2 fully saturated rings. The molecule has 0 bridgehead atoms. The maximum atomic E-state index is 5.84. The zero-order valence-corrected chi connectivity index (χ0v) is 13.0. The molecule has 17 heavy (non-hydrogen) atoms. The first-order valence-corrected chi connectivity index (χ1v) is 8.80. The monoisotopic (exact) mass is 296 g/mol. The summed E-state index contributed by atoms with van der Waals surface area (Å²) in [6, 6.07) is 0. The van der Waals surface area contributed by atoms with Crippen LogP contribution >= 0.6 is 32.6 Å². The van der Waals surface area contributed by atoms with Crippen molar-refractivity contribution in [2.45, 2.75) is 36.8 Å². The van der Waals surface area contributed by atoms with E-state index >= 15 is 0 Å². The highest BCUT2D eigenvalue weighted by atomic mass is 32.2. The van der Waals surface area contributed by atoms with Crippen molar-refractivity contribution in [2.24, 2.45) is 0 Å². The van der Waals surface area contributed by atoms with E-state index in [4.69, 9.17) is 9.05 Å². The van der Waals surface area contributed by atoms with E-state index in [-0.39, 0.29) is 19.1 Å². The van der Waals surface area contributed by atoms with Crippen LogP contribution in [0.5, 0.6) is 0 Å². The second kappa shape index (κ2) is 6.42. The molecule has 0 amide bonds. The molecule has 0 saturated carbocycles. The molecule has 0 aromatic heterocycles. The lowest BCUT2D eigenvalue weighted by Crippen LogP contribution is -2.46. The predicted octanol–water partition coefficient (Wildman–Crippen LogP) is 2.33. The number of hydrogen-bond donors (Lipinski definition) is 2. The summed E-state index contributed by atoms with van der Waals surface area (Å²) >= 11 is 3.63. The smallest absolute Gasteiger partial charge is 0.170 e. The molecule has 4 nitrogen and oxygen atoms in total. The summed E-state index contributed by atoms with van der Waals surface area (Å²) in [5.41, 5.74) is 0. The van der Waals surface area contributed by atoms with Gasteiger partial charge in [0.2, 0.25) is 0 Å². The summed E-state index contributed by atoms with van der Waals surface area (Å²) in [5, 5.41) is 6.23. The molecule has 2 atom stereocenters. The number of thioether (sulfide) groups is 2. The van der Waals surface area contributed by atoms with Crippen molar-refractivity contribution in [1.82, 2.24) is 10.6 Å². The van der Waals surface area contributed by atoms with Gasteiger partial charge in [0.1, 0.15) is 0 Å². The Balaban J connectivity index is 1.70. The first-order chi connectivity index (χ1) is 8.12. The Bertz CT molecular complexity index is 222. The quantitative estimate of drug-likeness (QED) is 0.776. The van der Waals surface area contributed by atoms with E-state index in [0.717, 1.165) is 24.6 Å². The molecule has 0 aromatic rings. The van der Waals surface area contributed by atoms with Gasteiger partial charge in [0.05, 0.1) is 0 Å². The van der Waals surface area contributed by atoms with Crippen LogP contribution in [0.2, 0.25) is 0 Å². The van der Waals surface area contributed by atoms with Gasteiger partial charge in [0, 0.05) is 0 Å². The van der Waals surface area contributed by atoms with Crippen LogP contribution < -0.4 is 10.6 Å². The van der Waals surface area contributed by atoms with Crippen LogP contribution in [0.25, 0.3) is 0 Å². The van der Waals surface area contributed by atoms with Gasteiger partial charge in [0.15, 0.2) is 19.1 Å². The standard InChI is InChI=1S/C10H21N2O2PS2/c1-9(11-5-3-7-16-9)13-15-14-10(2)12-6-4-8-17-10/h11-12,15H,3-8H2,1-2H3. The highest BCUT2D eigenvalue weighted by Crippen LogP contribution is 2.39. The molecule has 0 spiro atoms. The molecule has 100 valence electrons. The molecule has 0 radical (unpaired) electrons. The third kappa shape index (κ3) is 4.53. The summed E-state index contributed by atoms with van der Waals surface area (Å²) in [6.45, 7) is 6.21. The van der Waals surface area contributed by atoms with E-state index in [1.54, 1.807) is 0 Å². The second-order valence-electron chi connectivity index (χ2n) is 4.44. The van der Waals surface area contributed by atoms with E-state index in [2.05, 4.69) is 24.5 Å². The second-order valence-corrected chi connectivity index (χ2v) is 7.96. The fraction of sp³-hybridized carbons (Fsp3) is 1.00. The Kier molecular flexibility index (Phi) is 5.43. The number of nitrogens with one attached hydrogen (secondary N) is 2. The van der Waals surface area contributed by atoms with Crippen LogP contribution in [-0.2, 0) is 9.05 Å². The summed E-state index contributed by atoms with van der Waals surface area (Å²) in [5.74, 6) is 2.30. The van der Waals surface area contributed by atoms with Gasteiger partial charge in [-0.25, -0.2) is 0 Å². The molecule has 2 N–H and O–H groups in total. The van der Waals surface area contributed by atoms with Gasteiger partial charge in [-0.2, -0.15) is 0 Å². The molecule has 0 aliphatic carbocycles. The van der Waals surface area contributed by atoms with Crippen molar-refractivity contribution in [2.75, 3.05) is 24.6 Å². The van der Waals surface area contributed by atoms with Crippen molar-refractivity contribution in [3.8, 4) is 0 Å². The minimum absolute atomic E-state index is 0.0694.